The lowest BCUT2D eigenvalue weighted by Crippen LogP contribution is -2.69. The highest BCUT2D eigenvalue weighted by molar-refractivity contribution is 9.10. The smallest absolute Gasteiger partial charge is 0.253 e. The Kier molecular flexibility index (Phi) is 4.42. The number of piperazine rings is 1. The Morgan fingerprint density at radius 3 is 2.43 bits per heavy atom. The van der Waals surface area contributed by atoms with E-state index < -0.39 is 11.6 Å². The van der Waals surface area contributed by atoms with Gasteiger partial charge in [0.25, 0.3) is 5.91 Å². The summed E-state index contributed by atoms with van der Waals surface area (Å²) in [7, 11) is 0. The molecule has 1 unspecified atom stereocenters. The standard InChI is InChI=1S/C16H21BrN2O2/c1-5-16(6-2)15(21)19(11(4)14(20)18-16)12-8-7-10(3)13(17)9-12/h7-9,11H,5-6H2,1-4H3,(H,18,20). The van der Waals surface area contributed by atoms with E-state index in [4.69, 9.17) is 0 Å². The Bertz CT molecular complexity index is 582. The molecule has 1 aliphatic heterocycles. The molecule has 1 saturated heterocycles. The maximum atomic E-state index is 13.0. The van der Waals surface area contributed by atoms with Crippen LogP contribution in [0.25, 0.3) is 0 Å². The minimum Gasteiger partial charge on any atom is -0.340 e. The van der Waals surface area contributed by atoms with Crippen molar-refractivity contribution in [2.24, 2.45) is 0 Å². The first kappa shape index (κ1) is 16.0. The van der Waals surface area contributed by atoms with Crippen molar-refractivity contribution < 1.29 is 9.59 Å². The van der Waals surface area contributed by atoms with Gasteiger partial charge in [-0.25, -0.2) is 0 Å². The van der Waals surface area contributed by atoms with Gasteiger partial charge >= 0.3 is 0 Å². The molecule has 2 amide bonds. The van der Waals surface area contributed by atoms with Gasteiger partial charge in [-0.05, 0) is 44.4 Å². The van der Waals surface area contributed by atoms with Crippen LogP contribution < -0.4 is 10.2 Å². The van der Waals surface area contributed by atoms with Crippen LogP contribution in [0.1, 0.15) is 39.2 Å². The van der Waals surface area contributed by atoms with Crippen LogP contribution in [-0.2, 0) is 9.59 Å². The van der Waals surface area contributed by atoms with E-state index in [-0.39, 0.29) is 11.8 Å². The van der Waals surface area contributed by atoms with Gasteiger partial charge in [0, 0.05) is 10.2 Å². The van der Waals surface area contributed by atoms with Crippen molar-refractivity contribution >= 4 is 33.4 Å². The van der Waals surface area contributed by atoms with Crippen molar-refractivity contribution in [1.29, 1.82) is 0 Å². The van der Waals surface area contributed by atoms with Crippen LogP contribution in [-0.4, -0.2) is 23.4 Å². The summed E-state index contributed by atoms with van der Waals surface area (Å²) in [5.41, 5.74) is 1.06. The average Bonchev–Trinajstić information content (AvgIpc) is 2.47. The summed E-state index contributed by atoms with van der Waals surface area (Å²) in [5, 5.41) is 2.91. The Hall–Kier alpha value is -1.36. The van der Waals surface area contributed by atoms with Gasteiger partial charge in [-0.2, -0.15) is 0 Å². The second-order valence-electron chi connectivity index (χ2n) is 5.56. The molecule has 5 heteroatoms. The lowest BCUT2D eigenvalue weighted by molar-refractivity contribution is -0.138. The van der Waals surface area contributed by atoms with E-state index >= 15 is 0 Å². The first-order valence-corrected chi connectivity index (χ1v) is 8.07. The van der Waals surface area contributed by atoms with Crippen LogP contribution in [0.2, 0.25) is 0 Å². The van der Waals surface area contributed by atoms with Crippen LogP contribution in [0.15, 0.2) is 22.7 Å². The van der Waals surface area contributed by atoms with E-state index in [1.54, 1.807) is 11.8 Å². The normalized spacial score (nSPS) is 21.4. The van der Waals surface area contributed by atoms with E-state index in [1.807, 2.05) is 39.0 Å². The van der Waals surface area contributed by atoms with E-state index in [0.29, 0.717) is 12.8 Å². The molecule has 0 bridgehead atoms. The zero-order valence-corrected chi connectivity index (χ0v) is 14.5. The van der Waals surface area contributed by atoms with E-state index in [0.717, 1.165) is 15.7 Å². The quantitative estimate of drug-likeness (QED) is 0.908. The number of carbonyl (C=O) groups is 2. The van der Waals surface area contributed by atoms with Crippen LogP contribution >= 0.6 is 15.9 Å². The second-order valence-corrected chi connectivity index (χ2v) is 6.42. The van der Waals surface area contributed by atoms with Crippen LogP contribution in [0.4, 0.5) is 5.69 Å². The zero-order valence-electron chi connectivity index (χ0n) is 12.9. The number of anilines is 1. The third kappa shape index (κ3) is 2.59. The number of benzene rings is 1. The van der Waals surface area contributed by atoms with Crippen molar-refractivity contribution in [3.05, 3.63) is 28.2 Å². The molecule has 0 saturated carbocycles. The topological polar surface area (TPSA) is 49.4 Å². The molecule has 0 aromatic heterocycles. The fourth-order valence-corrected chi connectivity index (χ4v) is 3.09. The highest BCUT2D eigenvalue weighted by Gasteiger charge is 2.47. The number of hydrogen-bond acceptors (Lipinski definition) is 2. The van der Waals surface area contributed by atoms with Gasteiger partial charge < -0.3 is 5.32 Å². The van der Waals surface area contributed by atoms with Crippen LogP contribution in [0, 0.1) is 6.92 Å². The third-order valence-corrected chi connectivity index (χ3v) is 5.25. The number of nitrogens with zero attached hydrogens (tertiary/aromatic N) is 1. The molecule has 114 valence electrons. The molecule has 1 heterocycles. The highest BCUT2D eigenvalue weighted by Crippen LogP contribution is 2.31. The van der Waals surface area contributed by atoms with E-state index in [1.165, 1.54) is 0 Å². The Balaban J connectivity index is 2.50. The largest absolute Gasteiger partial charge is 0.340 e. The predicted octanol–water partition coefficient (Wildman–Crippen LogP) is 3.17. The number of halogens is 1. The van der Waals surface area contributed by atoms with E-state index in [9.17, 15) is 9.59 Å². The number of carbonyl (C=O) groups excluding carboxylic acids is 2. The number of hydrogen-bond donors (Lipinski definition) is 1. The first-order chi connectivity index (χ1) is 9.86. The van der Waals surface area contributed by atoms with Crippen LogP contribution in [0.3, 0.4) is 0 Å². The lowest BCUT2D eigenvalue weighted by Gasteiger charge is -2.44. The van der Waals surface area contributed by atoms with Gasteiger partial charge in [-0.3, -0.25) is 14.5 Å². The molecule has 1 N–H and O–H groups in total. The lowest BCUT2D eigenvalue weighted by atomic mass is 9.87. The zero-order chi connectivity index (χ0) is 15.8. The number of rotatable bonds is 3. The van der Waals surface area contributed by atoms with Crippen molar-refractivity contribution in [1.82, 2.24) is 5.32 Å². The summed E-state index contributed by atoms with van der Waals surface area (Å²) in [4.78, 5) is 26.9. The maximum absolute atomic E-state index is 13.0. The Labute approximate surface area is 134 Å². The summed E-state index contributed by atoms with van der Waals surface area (Å²) >= 11 is 3.49. The molecule has 0 spiro atoms. The molecule has 4 nitrogen and oxygen atoms in total. The van der Waals surface area contributed by atoms with Crippen LogP contribution in [0.5, 0.6) is 0 Å². The number of nitrogens with one attached hydrogen (secondary N) is 1. The molecule has 2 rings (SSSR count). The minimum atomic E-state index is -0.791. The Morgan fingerprint density at radius 2 is 1.90 bits per heavy atom. The predicted molar refractivity (Wildman–Crippen MR) is 87.3 cm³/mol. The molecule has 21 heavy (non-hydrogen) atoms. The summed E-state index contributed by atoms with van der Waals surface area (Å²) in [6.07, 6.45) is 1.18. The summed E-state index contributed by atoms with van der Waals surface area (Å²) in [6.45, 7) is 7.61. The first-order valence-electron chi connectivity index (χ1n) is 7.28. The van der Waals surface area contributed by atoms with Gasteiger partial charge in [0.2, 0.25) is 5.91 Å². The number of amides is 2. The SMILES string of the molecule is CCC1(CC)NC(=O)C(C)N(c2ccc(C)c(Br)c2)C1=O. The average molecular weight is 353 g/mol. The van der Waals surface area contributed by atoms with Gasteiger partial charge in [0.15, 0.2) is 0 Å². The van der Waals surface area contributed by atoms with Crippen molar-refractivity contribution in [2.45, 2.75) is 52.1 Å². The highest BCUT2D eigenvalue weighted by atomic mass is 79.9. The summed E-state index contributed by atoms with van der Waals surface area (Å²) < 4.78 is 0.935. The third-order valence-electron chi connectivity index (χ3n) is 4.40. The van der Waals surface area contributed by atoms with Gasteiger partial charge in [0.05, 0.1) is 0 Å². The van der Waals surface area contributed by atoms with Gasteiger partial charge in [-0.1, -0.05) is 35.8 Å². The minimum absolute atomic E-state index is 0.0321. The molecular formula is C16H21BrN2O2. The van der Waals surface area contributed by atoms with Gasteiger partial charge in [0.1, 0.15) is 11.6 Å². The fourth-order valence-electron chi connectivity index (χ4n) is 2.72. The summed E-state index contributed by atoms with van der Waals surface area (Å²) in [6, 6.07) is 5.24. The molecule has 1 aliphatic rings. The van der Waals surface area contributed by atoms with E-state index in [2.05, 4.69) is 21.2 Å². The molecule has 1 aromatic rings. The molecule has 1 atom stereocenters. The Morgan fingerprint density at radius 1 is 1.29 bits per heavy atom. The number of aryl methyl sites for hydroxylation is 1. The molecule has 1 fully saturated rings. The van der Waals surface area contributed by atoms with Gasteiger partial charge in [-0.15, -0.1) is 0 Å². The molecule has 1 aromatic carbocycles. The van der Waals surface area contributed by atoms with Crippen molar-refractivity contribution in [3.63, 3.8) is 0 Å². The summed E-state index contributed by atoms with van der Waals surface area (Å²) in [5.74, 6) is -0.134. The maximum Gasteiger partial charge on any atom is 0.253 e. The molecule has 0 radical (unpaired) electrons. The van der Waals surface area contributed by atoms with Crippen molar-refractivity contribution in [2.75, 3.05) is 4.90 Å². The second kappa shape index (κ2) is 5.79. The molecule has 0 aliphatic carbocycles. The molecular weight excluding hydrogens is 332 g/mol. The monoisotopic (exact) mass is 352 g/mol. The van der Waals surface area contributed by atoms with Crippen molar-refractivity contribution in [3.8, 4) is 0 Å². The fraction of sp³-hybridized carbons (Fsp3) is 0.500.